The van der Waals surface area contributed by atoms with Crippen LogP contribution in [-0.2, 0) is 4.74 Å². The standard InChI is InChI=1S/C18H38O.C12H10.Mg.2H/c1-3-5-7-9-11-13-15-17-19-18-16-14-12-10-8-6-4-2;1-3-7-11(8-4-1)12-9-5-2-6-10-12;;;/h3-18H2,1-2H3;1-10H;;;. The molecular weight excluding hydrogens is 401 g/mol. The fraction of sp³-hybridized carbons (Fsp3) is 0.600. The fourth-order valence-electron chi connectivity index (χ4n) is 3.69. The number of hydrogen-bond acceptors (Lipinski definition) is 1. The highest BCUT2D eigenvalue weighted by molar-refractivity contribution is 5.75. The minimum absolute atomic E-state index is 0. The molecule has 0 aromatic heterocycles. The Kier molecular flexibility index (Phi) is 24.2. The third-order valence-electron chi connectivity index (χ3n) is 5.67. The Balaban J connectivity index is 0.000000631. The van der Waals surface area contributed by atoms with Crippen LogP contribution in [0.1, 0.15) is 104 Å². The SMILES string of the molecule is CCCCCCCCCOCCCCCCCCC.[MgH2].c1ccc(-c2ccccc2)cc1. The first-order chi connectivity index (χ1) is 15.4. The van der Waals surface area contributed by atoms with Gasteiger partial charge in [0.15, 0.2) is 0 Å². The van der Waals surface area contributed by atoms with Gasteiger partial charge in [0.1, 0.15) is 0 Å². The summed E-state index contributed by atoms with van der Waals surface area (Å²) in [6, 6.07) is 20.8. The maximum absolute atomic E-state index is 5.69. The van der Waals surface area contributed by atoms with Crippen LogP contribution in [-0.4, -0.2) is 36.3 Å². The Labute approximate surface area is 215 Å². The topological polar surface area (TPSA) is 9.23 Å². The van der Waals surface area contributed by atoms with E-state index in [0.717, 1.165) is 13.2 Å². The van der Waals surface area contributed by atoms with Crippen molar-refractivity contribution in [3.63, 3.8) is 0 Å². The van der Waals surface area contributed by atoms with Crippen LogP contribution in [0.4, 0.5) is 0 Å². The Bertz CT molecular complexity index is 531. The van der Waals surface area contributed by atoms with Gasteiger partial charge in [-0.3, -0.25) is 0 Å². The van der Waals surface area contributed by atoms with Crippen LogP contribution in [0.2, 0.25) is 0 Å². The van der Waals surface area contributed by atoms with Crippen LogP contribution in [0, 0.1) is 0 Å². The van der Waals surface area contributed by atoms with E-state index < -0.39 is 0 Å². The summed E-state index contributed by atoms with van der Waals surface area (Å²) in [6.45, 7) is 6.53. The van der Waals surface area contributed by atoms with Gasteiger partial charge in [-0.05, 0) is 24.0 Å². The minimum atomic E-state index is 0. The molecule has 2 aromatic carbocycles. The van der Waals surface area contributed by atoms with Crippen molar-refractivity contribution >= 4 is 23.1 Å². The highest BCUT2D eigenvalue weighted by Crippen LogP contribution is 2.17. The zero-order chi connectivity index (χ0) is 22.2. The van der Waals surface area contributed by atoms with E-state index in [1.807, 2.05) is 12.1 Å². The molecule has 0 aliphatic carbocycles. The van der Waals surface area contributed by atoms with Crippen molar-refractivity contribution in [1.82, 2.24) is 0 Å². The molecule has 1 nitrogen and oxygen atoms in total. The molecule has 2 aromatic rings. The largest absolute Gasteiger partial charge is 0.381 e. The second-order valence-electron chi connectivity index (χ2n) is 8.59. The molecule has 0 N–H and O–H groups in total. The second kappa shape index (κ2) is 24.8. The number of hydrogen-bond donors (Lipinski definition) is 0. The Morgan fingerprint density at radius 2 is 0.750 bits per heavy atom. The van der Waals surface area contributed by atoms with Crippen LogP contribution < -0.4 is 0 Å². The summed E-state index contributed by atoms with van der Waals surface area (Å²) in [5.41, 5.74) is 2.55. The summed E-state index contributed by atoms with van der Waals surface area (Å²) in [6.07, 6.45) is 19.3. The van der Waals surface area contributed by atoms with Gasteiger partial charge in [-0.2, -0.15) is 0 Å². The quantitative estimate of drug-likeness (QED) is 0.172. The lowest BCUT2D eigenvalue weighted by Gasteiger charge is -2.04. The van der Waals surface area contributed by atoms with Gasteiger partial charge in [0.25, 0.3) is 0 Å². The molecule has 0 unspecified atom stereocenters. The predicted octanol–water partition coefficient (Wildman–Crippen LogP) is 8.94. The third kappa shape index (κ3) is 18.7. The van der Waals surface area contributed by atoms with E-state index in [1.165, 1.54) is 101 Å². The van der Waals surface area contributed by atoms with E-state index in [9.17, 15) is 0 Å². The average Bonchev–Trinajstić information content (AvgIpc) is 2.83. The summed E-state index contributed by atoms with van der Waals surface area (Å²) in [4.78, 5) is 0. The molecule has 0 saturated heterocycles. The highest BCUT2D eigenvalue weighted by atomic mass is 24.3. The zero-order valence-corrected chi connectivity index (χ0v) is 20.5. The second-order valence-corrected chi connectivity index (χ2v) is 8.59. The van der Waals surface area contributed by atoms with Gasteiger partial charge in [0.05, 0.1) is 0 Å². The summed E-state index contributed by atoms with van der Waals surface area (Å²) in [5, 5.41) is 0. The Hall–Kier alpha value is -0.834. The molecule has 178 valence electrons. The minimum Gasteiger partial charge on any atom is -0.381 e. The lowest BCUT2D eigenvalue weighted by molar-refractivity contribution is 0.125. The van der Waals surface area contributed by atoms with Crippen molar-refractivity contribution in [3.8, 4) is 11.1 Å². The normalized spacial score (nSPS) is 10.2. The van der Waals surface area contributed by atoms with Gasteiger partial charge in [-0.1, -0.05) is 152 Å². The van der Waals surface area contributed by atoms with Gasteiger partial charge >= 0.3 is 23.1 Å². The lowest BCUT2D eigenvalue weighted by Crippen LogP contribution is -1.97. The monoisotopic (exact) mass is 450 g/mol. The molecule has 2 heteroatoms. The van der Waals surface area contributed by atoms with Gasteiger partial charge in [-0.25, -0.2) is 0 Å². The van der Waals surface area contributed by atoms with Gasteiger partial charge in [0, 0.05) is 13.2 Å². The zero-order valence-electron chi connectivity index (χ0n) is 20.5. The molecule has 2 rings (SSSR count). The van der Waals surface area contributed by atoms with Crippen molar-refractivity contribution in [2.75, 3.05) is 13.2 Å². The third-order valence-corrected chi connectivity index (χ3v) is 5.67. The van der Waals surface area contributed by atoms with Crippen LogP contribution >= 0.6 is 0 Å². The molecule has 32 heavy (non-hydrogen) atoms. The number of benzene rings is 2. The molecule has 0 aliphatic rings. The molecule has 0 radical (unpaired) electrons. The maximum Gasteiger partial charge on any atom is 0.316 e. The first-order valence-corrected chi connectivity index (χ1v) is 13.1. The van der Waals surface area contributed by atoms with E-state index in [4.69, 9.17) is 4.74 Å². The Morgan fingerprint density at radius 3 is 1.09 bits per heavy atom. The highest BCUT2D eigenvalue weighted by Gasteiger charge is 1.94. The molecule has 0 amide bonds. The van der Waals surface area contributed by atoms with Crippen LogP contribution in [0.5, 0.6) is 0 Å². The summed E-state index contributed by atoms with van der Waals surface area (Å²) in [7, 11) is 0. The van der Waals surface area contributed by atoms with Crippen molar-refractivity contribution in [2.45, 2.75) is 104 Å². The molecule has 0 spiro atoms. The summed E-state index contributed by atoms with van der Waals surface area (Å²) >= 11 is 0. The molecule has 0 aliphatic heterocycles. The smallest absolute Gasteiger partial charge is 0.316 e. The van der Waals surface area contributed by atoms with E-state index in [2.05, 4.69) is 62.4 Å². The first-order valence-electron chi connectivity index (χ1n) is 13.1. The van der Waals surface area contributed by atoms with E-state index in [1.54, 1.807) is 0 Å². The van der Waals surface area contributed by atoms with Gasteiger partial charge in [0.2, 0.25) is 0 Å². The van der Waals surface area contributed by atoms with Crippen molar-refractivity contribution in [1.29, 1.82) is 0 Å². The predicted molar refractivity (Wildman–Crippen MR) is 147 cm³/mol. The number of ether oxygens (including phenoxy) is 1. The van der Waals surface area contributed by atoms with Gasteiger partial charge < -0.3 is 4.74 Å². The van der Waals surface area contributed by atoms with E-state index in [-0.39, 0.29) is 23.1 Å². The summed E-state index contributed by atoms with van der Waals surface area (Å²) < 4.78 is 5.69. The fourth-order valence-corrected chi connectivity index (χ4v) is 3.69. The number of unbranched alkanes of at least 4 members (excludes halogenated alkanes) is 12. The number of rotatable bonds is 17. The van der Waals surface area contributed by atoms with Crippen LogP contribution in [0.25, 0.3) is 11.1 Å². The molecule has 0 saturated carbocycles. The molecule has 0 heterocycles. The molecule has 0 atom stereocenters. The molecule has 0 bridgehead atoms. The van der Waals surface area contributed by atoms with E-state index in [0.29, 0.717) is 0 Å². The molecule has 0 fully saturated rings. The van der Waals surface area contributed by atoms with Crippen molar-refractivity contribution in [3.05, 3.63) is 60.7 Å². The lowest BCUT2D eigenvalue weighted by atomic mass is 10.1. The average molecular weight is 451 g/mol. The van der Waals surface area contributed by atoms with Gasteiger partial charge in [-0.15, -0.1) is 0 Å². The molecular formula is C30H50MgO. The summed E-state index contributed by atoms with van der Waals surface area (Å²) in [5.74, 6) is 0. The van der Waals surface area contributed by atoms with Crippen LogP contribution in [0.15, 0.2) is 60.7 Å². The first kappa shape index (κ1) is 31.2. The maximum atomic E-state index is 5.69. The van der Waals surface area contributed by atoms with Crippen LogP contribution in [0.3, 0.4) is 0 Å². The van der Waals surface area contributed by atoms with Crippen molar-refractivity contribution in [2.24, 2.45) is 0 Å². The van der Waals surface area contributed by atoms with Crippen molar-refractivity contribution < 1.29 is 4.74 Å². The Morgan fingerprint density at radius 1 is 0.438 bits per heavy atom. The van der Waals surface area contributed by atoms with E-state index >= 15 is 0 Å².